The number of aliphatic hydroxyl groups is 5. The average molecular weight is 983 g/mol. The lowest BCUT2D eigenvalue weighted by atomic mass is 9.85. The fourth-order valence-electron chi connectivity index (χ4n) is 7.21. The van der Waals surface area contributed by atoms with Crippen LogP contribution in [-0.4, -0.2) is 114 Å². The van der Waals surface area contributed by atoms with Crippen molar-refractivity contribution in [3.63, 3.8) is 0 Å². The van der Waals surface area contributed by atoms with Crippen molar-refractivity contribution in [3.05, 3.63) is 48.6 Å². The number of unbranched alkanes of at least 4 members (excludes halogenated alkanes) is 17. The highest BCUT2D eigenvalue weighted by Crippen LogP contribution is 2.49. The number of carbonyl (C=O) groups is 2. The van der Waals surface area contributed by atoms with E-state index in [9.17, 15) is 58.9 Å². The van der Waals surface area contributed by atoms with Crippen molar-refractivity contribution in [2.45, 2.75) is 223 Å². The lowest BCUT2D eigenvalue weighted by molar-refractivity contribution is -0.216. The van der Waals surface area contributed by atoms with Gasteiger partial charge in [-0.3, -0.25) is 23.2 Å². The van der Waals surface area contributed by atoms with E-state index in [2.05, 4.69) is 42.7 Å². The summed E-state index contributed by atoms with van der Waals surface area (Å²) < 4.78 is 49.2. The summed E-state index contributed by atoms with van der Waals surface area (Å²) in [5, 5.41) is 51.6. The van der Waals surface area contributed by atoms with E-state index in [0.29, 0.717) is 6.42 Å². The molecule has 6 unspecified atom stereocenters. The number of rotatable bonds is 40. The maximum atomic E-state index is 13.0. The smallest absolute Gasteiger partial charge is 0.462 e. The van der Waals surface area contributed by atoms with Crippen LogP contribution >= 0.6 is 15.6 Å². The lowest BCUT2D eigenvalue weighted by Crippen LogP contribution is -2.64. The van der Waals surface area contributed by atoms with Crippen molar-refractivity contribution in [1.29, 1.82) is 0 Å². The summed E-state index contributed by atoms with van der Waals surface area (Å²) >= 11 is 0. The monoisotopic (exact) mass is 983 g/mol. The van der Waals surface area contributed by atoms with E-state index in [1.165, 1.54) is 77.0 Å². The molecule has 1 rings (SSSR count). The van der Waals surface area contributed by atoms with Gasteiger partial charge in [0.25, 0.3) is 0 Å². The minimum atomic E-state index is -5.39. The van der Waals surface area contributed by atoms with E-state index in [-0.39, 0.29) is 25.7 Å². The third kappa shape index (κ3) is 31.9. The largest absolute Gasteiger partial charge is 0.472 e. The molecule has 0 saturated heterocycles. The SMILES string of the molecule is CC/C=C\CCCCCCCCCCCCCC(=O)OC[C@H](COP(=O)(O)O[C@H]1C(O)C(O)C(O)[C@@H](OP(=O)(O)O)C1O)OC(=O)CCCC(O)/C=C/C=C/C/C=C/CCCCCCCC. The molecule has 1 fully saturated rings. The van der Waals surface area contributed by atoms with Gasteiger partial charge in [-0.2, -0.15) is 0 Å². The molecular weight excluding hydrogens is 898 g/mol. The molecule has 1 aliphatic rings. The van der Waals surface area contributed by atoms with Crippen molar-refractivity contribution in [2.75, 3.05) is 13.2 Å². The van der Waals surface area contributed by atoms with Gasteiger partial charge in [0, 0.05) is 12.8 Å². The number of aliphatic hydroxyl groups excluding tert-OH is 5. The van der Waals surface area contributed by atoms with Crippen LogP contribution in [0.1, 0.15) is 174 Å². The summed E-state index contributed by atoms with van der Waals surface area (Å²) in [6.45, 7) is 2.86. The van der Waals surface area contributed by atoms with Crippen LogP contribution in [0.5, 0.6) is 0 Å². The zero-order chi connectivity index (χ0) is 49.1. The van der Waals surface area contributed by atoms with Crippen LogP contribution in [0, 0.1) is 0 Å². The Labute approximate surface area is 393 Å². The van der Waals surface area contributed by atoms with Crippen molar-refractivity contribution in [1.82, 2.24) is 0 Å². The van der Waals surface area contributed by atoms with Gasteiger partial charge in [0.05, 0.1) is 12.7 Å². The van der Waals surface area contributed by atoms with Crippen molar-refractivity contribution >= 4 is 27.6 Å². The van der Waals surface area contributed by atoms with Crippen molar-refractivity contribution < 1.29 is 82.0 Å². The molecule has 0 bridgehead atoms. The van der Waals surface area contributed by atoms with E-state index >= 15 is 0 Å². The van der Waals surface area contributed by atoms with Crippen LogP contribution in [0.25, 0.3) is 0 Å². The number of phosphoric acid groups is 2. The topological polar surface area (TPSA) is 276 Å². The highest BCUT2D eigenvalue weighted by molar-refractivity contribution is 7.47. The fourth-order valence-corrected chi connectivity index (χ4v) is 8.75. The second-order valence-electron chi connectivity index (χ2n) is 17.0. The molecule has 66 heavy (non-hydrogen) atoms. The summed E-state index contributed by atoms with van der Waals surface area (Å²) in [4.78, 5) is 54.3. The summed E-state index contributed by atoms with van der Waals surface area (Å²) in [6, 6.07) is 0. The molecule has 0 aromatic heterocycles. The number of ether oxygens (including phenoxy) is 2. The molecule has 0 heterocycles. The third-order valence-electron chi connectivity index (χ3n) is 11.0. The van der Waals surface area contributed by atoms with Gasteiger partial charge in [0.15, 0.2) is 6.10 Å². The molecule has 0 radical (unpaired) electrons. The molecule has 384 valence electrons. The number of esters is 2. The lowest BCUT2D eigenvalue weighted by Gasteiger charge is -2.43. The van der Waals surface area contributed by atoms with Crippen LogP contribution < -0.4 is 0 Å². The Bertz CT molecular complexity index is 1480. The van der Waals surface area contributed by atoms with Crippen LogP contribution in [0.15, 0.2) is 48.6 Å². The third-order valence-corrected chi connectivity index (χ3v) is 12.5. The van der Waals surface area contributed by atoms with Gasteiger partial charge in [0.2, 0.25) is 0 Å². The van der Waals surface area contributed by atoms with Crippen LogP contribution in [0.4, 0.5) is 0 Å². The molecular formula is C47H84O17P2. The maximum absolute atomic E-state index is 13.0. The normalized spacial score (nSPS) is 22.4. The Balaban J connectivity index is 2.66. The first-order valence-corrected chi connectivity index (χ1v) is 27.3. The van der Waals surface area contributed by atoms with E-state index in [0.717, 1.165) is 51.4 Å². The number of allylic oxidation sites excluding steroid dienone is 7. The van der Waals surface area contributed by atoms with E-state index in [1.54, 1.807) is 12.2 Å². The first kappa shape index (κ1) is 61.9. The molecule has 17 nitrogen and oxygen atoms in total. The molecule has 0 aromatic carbocycles. The molecule has 0 spiro atoms. The summed E-state index contributed by atoms with van der Waals surface area (Å²) in [5.41, 5.74) is 0. The van der Waals surface area contributed by atoms with Crippen molar-refractivity contribution in [3.8, 4) is 0 Å². The van der Waals surface area contributed by atoms with E-state index < -0.39 is 89.6 Å². The molecule has 9 atom stereocenters. The second kappa shape index (κ2) is 37.8. The van der Waals surface area contributed by atoms with Crippen LogP contribution in [0.2, 0.25) is 0 Å². The minimum absolute atomic E-state index is 0.0800. The predicted octanol–water partition coefficient (Wildman–Crippen LogP) is 8.26. The van der Waals surface area contributed by atoms with E-state index in [1.807, 2.05) is 12.2 Å². The molecule has 0 amide bonds. The first-order chi connectivity index (χ1) is 31.5. The van der Waals surface area contributed by atoms with Gasteiger partial charge in [-0.25, -0.2) is 9.13 Å². The van der Waals surface area contributed by atoms with Gasteiger partial charge in [-0.1, -0.05) is 152 Å². The number of hydrogen-bond acceptors (Lipinski definition) is 14. The fraction of sp³-hybridized carbons (Fsp3) is 0.787. The Kier molecular flexibility index (Phi) is 35.4. The first-order valence-electron chi connectivity index (χ1n) is 24.3. The standard InChI is InChI=1S/C47H84O17P2/c1-3-5-7-9-11-13-15-17-18-20-22-24-26-28-30-34-40(49)60-36-39(37-61-66(58,59)64-47-44(53)42(51)43(52)46(45(47)54)63-65(55,56)57)62-41(50)35-31-33-38(48)32-29-27-25-23-21-19-16-14-12-10-8-6-4-2/h5,7,19,21,25,27,29,32,38-39,42-48,51-54H,3-4,6,8-18,20,22-24,26,28,30-31,33-37H2,1-2H3,(H,58,59)(H2,55,56,57)/b7-5-,21-19+,27-25+,32-29+/t38?,39-,42?,43?,44?,45?,46-,47+/m1/s1. The second-order valence-corrected chi connectivity index (χ2v) is 19.6. The van der Waals surface area contributed by atoms with Crippen LogP contribution in [-0.2, 0) is 41.8 Å². The van der Waals surface area contributed by atoms with Gasteiger partial charge >= 0.3 is 27.6 Å². The van der Waals surface area contributed by atoms with Gasteiger partial charge in [0.1, 0.15) is 43.2 Å². The zero-order valence-electron chi connectivity index (χ0n) is 39.5. The number of hydrogen-bond donors (Lipinski definition) is 8. The number of phosphoric ester groups is 2. The number of carbonyl (C=O) groups excluding carboxylic acids is 2. The molecule has 0 aromatic rings. The summed E-state index contributed by atoms with van der Waals surface area (Å²) in [7, 11) is -10.7. The zero-order valence-corrected chi connectivity index (χ0v) is 41.3. The highest BCUT2D eigenvalue weighted by atomic mass is 31.2. The summed E-state index contributed by atoms with van der Waals surface area (Å²) in [6.07, 6.45) is 23.7. The Morgan fingerprint density at radius 1 is 0.576 bits per heavy atom. The molecule has 8 N–H and O–H groups in total. The van der Waals surface area contributed by atoms with Gasteiger partial charge < -0.3 is 49.7 Å². The van der Waals surface area contributed by atoms with E-state index in [4.69, 9.17) is 18.5 Å². The quantitative estimate of drug-likeness (QED) is 0.00943. The average Bonchev–Trinajstić information content (AvgIpc) is 3.26. The maximum Gasteiger partial charge on any atom is 0.472 e. The molecule has 0 aliphatic heterocycles. The Hall–Kier alpha value is -2.08. The summed E-state index contributed by atoms with van der Waals surface area (Å²) in [5.74, 6) is -1.40. The molecule has 19 heteroatoms. The molecule has 1 saturated carbocycles. The highest BCUT2D eigenvalue weighted by Gasteiger charge is 2.54. The Morgan fingerprint density at radius 2 is 1.11 bits per heavy atom. The van der Waals surface area contributed by atoms with Crippen molar-refractivity contribution in [2.24, 2.45) is 0 Å². The molecule has 1 aliphatic carbocycles. The van der Waals surface area contributed by atoms with Gasteiger partial charge in [-0.05, 0) is 57.8 Å². The Morgan fingerprint density at radius 3 is 1.68 bits per heavy atom. The van der Waals surface area contributed by atoms with Gasteiger partial charge in [-0.15, -0.1) is 0 Å². The predicted molar refractivity (Wildman–Crippen MR) is 252 cm³/mol. The minimum Gasteiger partial charge on any atom is -0.462 e. The van der Waals surface area contributed by atoms with Crippen LogP contribution in [0.3, 0.4) is 0 Å².